The van der Waals surface area contributed by atoms with E-state index in [9.17, 15) is 13.6 Å². The first kappa shape index (κ1) is 8.59. The highest BCUT2D eigenvalue weighted by Gasteiger charge is 2.40. The van der Waals surface area contributed by atoms with Crippen LogP contribution in [-0.2, 0) is 9.53 Å². The van der Waals surface area contributed by atoms with E-state index in [2.05, 4.69) is 4.74 Å². The summed E-state index contributed by atoms with van der Waals surface area (Å²) in [7, 11) is 1.28. The molecule has 2 nitrogen and oxygen atoms in total. The van der Waals surface area contributed by atoms with Gasteiger partial charge in [-0.2, -0.15) is 0 Å². The van der Waals surface area contributed by atoms with Crippen molar-refractivity contribution < 1.29 is 18.3 Å². The van der Waals surface area contributed by atoms with E-state index < -0.39 is 18.4 Å². The molecule has 0 bridgehead atoms. The van der Waals surface area contributed by atoms with Gasteiger partial charge in [-0.15, -0.1) is 0 Å². The zero-order chi connectivity index (χ0) is 8.48. The molecule has 1 aliphatic carbocycles. The largest absolute Gasteiger partial charge is 0.373 e. The SMILES string of the molecule is CO[C@@H]1CC(F)(F)CCC1=O. The molecule has 0 saturated heterocycles. The molecule has 0 aromatic carbocycles. The monoisotopic (exact) mass is 164 g/mol. The van der Waals surface area contributed by atoms with Crippen LogP contribution in [0, 0.1) is 0 Å². The average Bonchev–Trinajstić information content (AvgIpc) is 1.94. The third-order valence-electron chi connectivity index (χ3n) is 1.86. The second-order valence-corrected chi connectivity index (χ2v) is 2.75. The fourth-order valence-corrected chi connectivity index (χ4v) is 1.17. The van der Waals surface area contributed by atoms with E-state index in [1.165, 1.54) is 7.11 Å². The Morgan fingerprint density at radius 1 is 1.64 bits per heavy atom. The fourth-order valence-electron chi connectivity index (χ4n) is 1.17. The smallest absolute Gasteiger partial charge is 0.251 e. The van der Waals surface area contributed by atoms with E-state index in [0.717, 1.165) is 0 Å². The molecular weight excluding hydrogens is 154 g/mol. The van der Waals surface area contributed by atoms with Crippen LogP contribution in [-0.4, -0.2) is 24.9 Å². The highest BCUT2D eigenvalue weighted by Crippen LogP contribution is 2.32. The number of rotatable bonds is 1. The number of alkyl halides is 2. The van der Waals surface area contributed by atoms with Gasteiger partial charge in [0.05, 0.1) is 0 Å². The summed E-state index contributed by atoms with van der Waals surface area (Å²) in [6.45, 7) is 0. The first-order chi connectivity index (χ1) is 5.05. The van der Waals surface area contributed by atoms with Crippen molar-refractivity contribution in [1.82, 2.24) is 0 Å². The maximum absolute atomic E-state index is 12.6. The zero-order valence-electron chi connectivity index (χ0n) is 6.27. The highest BCUT2D eigenvalue weighted by atomic mass is 19.3. The van der Waals surface area contributed by atoms with Crippen molar-refractivity contribution in [2.45, 2.75) is 31.3 Å². The molecule has 0 heterocycles. The van der Waals surface area contributed by atoms with Crippen LogP contribution < -0.4 is 0 Å². The minimum absolute atomic E-state index is 0.0640. The summed E-state index contributed by atoms with van der Waals surface area (Å²) in [6.07, 6.45) is -1.74. The predicted molar refractivity (Wildman–Crippen MR) is 34.6 cm³/mol. The van der Waals surface area contributed by atoms with Gasteiger partial charge in [0, 0.05) is 26.4 Å². The van der Waals surface area contributed by atoms with Gasteiger partial charge in [-0.1, -0.05) is 0 Å². The van der Waals surface area contributed by atoms with E-state index in [1.54, 1.807) is 0 Å². The summed E-state index contributed by atoms with van der Waals surface area (Å²) in [6, 6.07) is 0. The summed E-state index contributed by atoms with van der Waals surface area (Å²) >= 11 is 0. The maximum atomic E-state index is 12.6. The molecule has 64 valence electrons. The summed E-state index contributed by atoms with van der Waals surface area (Å²) in [5, 5.41) is 0. The van der Waals surface area contributed by atoms with Gasteiger partial charge < -0.3 is 4.74 Å². The van der Waals surface area contributed by atoms with Crippen molar-refractivity contribution in [2.75, 3.05) is 7.11 Å². The average molecular weight is 164 g/mol. The number of ketones is 1. The van der Waals surface area contributed by atoms with E-state index in [1.807, 2.05) is 0 Å². The number of halogens is 2. The van der Waals surface area contributed by atoms with Gasteiger partial charge in [-0.05, 0) is 0 Å². The minimum Gasteiger partial charge on any atom is -0.373 e. The van der Waals surface area contributed by atoms with Gasteiger partial charge >= 0.3 is 0 Å². The van der Waals surface area contributed by atoms with Crippen LogP contribution in [0.3, 0.4) is 0 Å². The summed E-state index contributed by atoms with van der Waals surface area (Å²) < 4.78 is 29.8. The zero-order valence-corrected chi connectivity index (χ0v) is 6.27. The minimum atomic E-state index is -2.71. The number of hydrogen-bond donors (Lipinski definition) is 0. The molecular formula is C7H10F2O2. The molecule has 1 fully saturated rings. The van der Waals surface area contributed by atoms with Crippen molar-refractivity contribution in [3.05, 3.63) is 0 Å². The number of carbonyl (C=O) groups is 1. The van der Waals surface area contributed by atoms with Crippen LogP contribution in [0.4, 0.5) is 8.78 Å². The molecule has 1 rings (SSSR count). The Labute approximate surface area is 63.5 Å². The lowest BCUT2D eigenvalue weighted by Crippen LogP contribution is -2.37. The number of hydrogen-bond acceptors (Lipinski definition) is 2. The second-order valence-electron chi connectivity index (χ2n) is 2.75. The van der Waals surface area contributed by atoms with Crippen LogP contribution >= 0.6 is 0 Å². The van der Waals surface area contributed by atoms with E-state index in [-0.39, 0.29) is 18.6 Å². The van der Waals surface area contributed by atoms with Crippen LogP contribution in [0.25, 0.3) is 0 Å². The van der Waals surface area contributed by atoms with Crippen molar-refractivity contribution in [3.63, 3.8) is 0 Å². The number of carbonyl (C=O) groups excluding carboxylic acids is 1. The van der Waals surface area contributed by atoms with Gasteiger partial charge in [0.15, 0.2) is 5.78 Å². The van der Waals surface area contributed by atoms with Gasteiger partial charge in [0.1, 0.15) is 6.10 Å². The first-order valence-corrected chi connectivity index (χ1v) is 3.48. The third-order valence-corrected chi connectivity index (χ3v) is 1.86. The molecule has 0 radical (unpaired) electrons. The number of ether oxygens (including phenoxy) is 1. The molecule has 0 N–H and O–H groups in total. The molecule has 1 saturated carbocycles. The van der Waals surface area contributed by atoms with Gasteiger partial charge in [0.2, 0.25) is 0 Å². The highest BCUT2D eigenvalue weighted by molar-refractivity contribution is 5.84. The summed E-state index contributed by atoms with van der Waals surface area (Å²) in [4.78, 5) is 10.9. The third kappa shape index (κ3) is 1.96. The predicted octanol–water partition coefficient (Wildman–Crippen LogP) is 1.39. The summed E-state index contributed by atoms with van der Waals surface area (Å²) in [5.74, 6) is -2.92. The molecule has 0 aromatic heterocycles. The van der Waals surface area contributed by atoms with Crippen molar-refractivity contribution in [1.29, 1.82) is 0 Å². The lowest BCUT2D eigenvalue weighted by atomic mass is 9.93. The number of methoxy groups -OCH3 is 1. The quantitative estimate of drug-likeness (QED) is 0.585. The van der Waals surface area contributed by atoms with Crippen LogP contribution in [0.15, 0.2) is 0 Å². The lowest BCUT2D eigenvalue weighted by Gasteiger charge is -2.26. The normalized spacial score (nSPS) is 30.5. The molecule has 1 atom stereocenters. The number of Topliss-reactive ketones (excluding diaryl/α,β-unsaturated/α-hetero) is 1. The Balaban J connectivity index is 2.58. The molecule has 4 heteroatoms. The molecule has 0 spiro atoms. The van der Waals surface area contributed by atoms with Crippen molar-refractivity contribution >= 4 is 5.78 Å². The maximum Gasteiger partial charge on any atom is 0.251 e. The Hall–Kier alpha value is -0.510. The van der Waals surface area contributed by atoms with Crippen molar-refractivity contribution in [3.8, 4) is 0 Å². The van der Waals surface area contributed by atoms with Gasteiger partial charge in [-0.3, -0.25) is 4.79 Å². The van der Waals surface area contributed by atoms with Crippen LogP contribution in [0.5, 0.6) is 0 Å². The van der Waals surface area contributed by atoms with E-state index in [4.69, 9.17) is 0 Å². The molecule has 0 aliphatic heterocycles. The van der Waals surface area contributed by atoms with E-state index >= 15 is 0 Å². The van der Waals surface area contributed by atoms with Gasteiger partial charge in [-0.25, -0.2) is 8.78 Å². The Morgan fingerprint density at radius 2 is 2.27 bits per heavy atom. The molecule has 0 amide bonds. The Morgan fingerprint density at radius 3 is 2.73 bits per heavy atom. The standard InChI is InChI=1S/C7H10F2O2/c1-11-6-4-7(8,9)3-2-5(6)10/h6H,2-4H2,1H3/t6-/m1/s1. The van der Waals surface area contributed by atoms with Crippen LogP contribution in [0.1, 0.15) is 19.3 Å². The topological polar surface area (TPSA) is 26.3 Å². The molecule has 1 aliphatic rings. The van der Waals surface area contributed by atoms with Gasteiger partial charge in [0.25, 0.3) is 5.92 Å². The second kappa shape index (κ2) is 2.85. The molecule has 0 aromatic rings. The van der Waals surface area contributed by atoms with Crippen LogP contribution in [0.2, 0.25) is 0 Å². The fraction of sp³-hybridized carbons (Fsp3) is 0.857. The van der Waals surface area contributed by atoms with E-state index in [0.29, 0.717) is 0 Å². The van der Waals surface area contributed by atoms with Crippen molar-refractivity contribution in [2.24, 2.45) is 0 Å². The Bertz CT molecular complexity index is 168. The first-order valence-electron chi connectivity index (χ1n) is 3.48. The molecule has 0 unspecified atom stereocenters. The molecule has 11 heavy (non-hydrogen) atoms. The summed E-state index contributed by atoms with van der Waals surface area (Å²) in [5.41, 5.74) is 0. The Kier molecular flexibility index (Phi) is 2.23. The lowest BCUT2D eigenvalue weighted by molar-refractivity contribution is -0.145.